The van der Waals surface area contributed by atoms with Gasteiger partial charge < -0.3 is 14.9 Å². The average molecular weight is 239 g/mol. The highest BCUT2D eigenvalue weighted by Crippen LogP contribution is 2.03. The molecule has 1 atom stereocenters. The van der Waals surface area contributed by atoms with Crippen molar-refractivity contribution in [2.24, 2.45) is 0 Å². The van der Waals surface area contributed by atoms with E-state index in [1.807, 2.05) is 11.4 Å². The Kier molecular flexibility index (Phi) is 4.06. The van der Waals surface area contributed by atoms with Gasteiger partial charge in [0.05, 0.1) is 0 Å². The summed E-state index contributed by atoms with van der Waals surface area (Å²) in [6.07, 6.45) is -0.999. The molecule has 0 aliphatic heterocycles. The molecule has 0 bridgehead atoms. The molecular formula is C11H13NO5. The minimum Gasteiger partial charge on any atom is -0.478 e. The molecule has 0 heterocycles. The lowest BCUT2D eigenvalue weighted by Crippen LogP contribution is -2.52. The van der Waals surface area contributed by atoms with Gasteiger partial charge in [-0.05, 0) is 12.5 Å². The Balaban J connectivity index is 2.44. The van der Waals surface area contributed by atoms with Gasteiger partial charge in [0, 0.05) is 0 Å². The Morgan fingerprint density at radius 2 is 1.94 bits per heavy atom. The maximum absolute atomic E-state index is 11.2. The Hall–Kier alpha value is -2.08. The number of hydrogen-bond acceptors (Lipinski definition) is 4. The van der Waals surface area contributed by atoms with Crippen LogP contribution in [-0.2, 0) is 16.1 Å². The smallest absolute Gasteiger partial charge is 0.410 e. The number of hydrogen-bond donors (Lipinski definition) is 3. The number of alkyl carbamates (subject to hydrolysis) is 1. The second-order valence-corrected chi connectivity index (χ2v) is 3.56. The molecule has 0 aromatic heterocycles. The second-order valence-electron chi connectivity index (χ2n) is 3.56. The van der Waals surface area contributed by atoms with Gasteiger partial charge in [-0.25, -0.2) is 9.59 Å². The van der Waals surface area contributed by atoms with Gasteiger partial charge in [-0.3, -0.25) is 5.32 Å². The molecule has 17 heavy (non-hydrogen) atoms. The van der Waals surface area contributed by atoms with Gasteiger partial charge in [0.25, 0.3) is 0 Å². The number of nitrogens with one attached hydrogen (secondary N) is 1. The molecule has 0 saturated carbocycles. The van der Waals surface area contributed by atoms with Crippen molar-refractivity contribution in [3.05, 3.63) is 35.9 Å². The average Bonchev–Trinajstić information content (AvgIpc) is 2.27. The molecule has 1 amide bonds. The molecule has 6 nitrogen and oxygen atoms in total. The molecule has 3 N–H and O–H groups in total. The van der Waals surface area contributed by atoms with E-state index < -0.39 is 17.8 Å². The number of carboxylic acid groups (broad SMARTS) is 1. The Morgan fingerprint density at radius 3 is 2.47 bits per heavy atom. The lowest BCUT2D eigenvalue weighted by molar-refractivity contribution is -0.159. The Bertz CT molecular complexity index is 402. The molecule has 0 radical (unpaired) electrons. The molecule has 0 aliphatic carbocycles. The summed E-state index contributed by atoms with van der Waals surface area (Å²) in [4.78, 5) is 21.7. The fraction of sp³-hybridized carbons (Fsp3) is 0.273. The van der Waals surface area contributed by atoms with E-state index in [2.05, 4.69) is 0 Å². The van der Waals surface area contributed by atoms with Gasteiger partial charge in [0.1, 0.15) is 6.61 Å². The molecule has 1 aromatic carbocycles. The van der Waals surface area contributed by atoms with Gasteiger partial charge in [-0.1, -0.05) is 30.3 Å². The van der Waals surface area contributed by atoms with E-state index in [9.17, 15) is 14.7 Å². The van der Waals surface area contributed by atoms with Crippen LogP contribution in [0.4, 0.5) is 4.79 Å². The van der Waals surface area contributed by atoms with Crippen LogP contribution in [0, 0.1) is 0 Å². The molecule has 0 aliphatic rings. The standard InChI is InChI=1S/C11H13NO5/c1-11(16,9(13)14)12-10(15)17-7-8-5-3-2-4-6-8/h2-6,16H,7H2,1H3,(H,12,15)(H,13,14). The first-order valence-corrected chi connectivity index (χ1v) is 4.86. The molecule has 92 valence electrons. The van der Waals surface area contributed by atoms with Crippen LogP contribution in [0.3, 0.4) is 0 Å². The lowest BCUT2D eigenvalue weighted by Gasteiger charge is -2.18. The third-order valence-corrected chi connectivity index (χ3v) is 1.97. The number of rotatable bonds is 4. The second kappa shape index (κ2) is 5.31. The van der Waals surface area contributed by atoms with Crippen LogP contribution in [0.5, 0.6) is 0 Å². The number of carbonyl (C=O) groups is 2. The van der Waals surface area contributed by atoms with E-state index in [4.69, 9.17) is 9.84 Å². The molecule has 0 fully saturated rings. The number of aliphatic hydroxyl groups is 1. The zero-order valence-corrected chi connectivity index (χ0v) is 9.21. The maximum atomic E-state index is 11.2. The van der Waals surface area contributed by atoms with Gasteiger partial charge in [-0.2, -0.15) is 0 Å². The first kappa shape index (κ1) is 13.0. The van der Waals surface area contributed by atoms with Gasteiger partial charge in [0.15, 0.2) is 0 Å². The number of benzene rings is 1. The summed E-state index contributed by atoms with van der Waals surface area (Å²) in [5.41, 5.74) is -1.58. The molecular weight excluding hydrogens is 226 g/mol. The van der Waals surface area contributed by atoms with Crippen molar-refractivity contribution in [1.29, 1.82) is 0 Å². The molecule has 1 aromatic rings. The monoisotopic (exact) mass is 239 g/mol. The van der Waals surface area contributed by atoms with E-state index >= 15 is 0 Å². The number of aliphatic carboxylic acids is 1. The first-order valence-electron chi connectivity index (χ1n) is 4.86. The molecule has 1 unspecified atom stereocenters. The lowest BCUT2D eigenvalue weighted by atomic mass is 10.2. The van der Waals surface area contributed by atoms with Crippen LogP contribution in [0.2, 0.25) is 0 Å². The normalized spacial score (nSPS) is 13.5. The SMILES string of the molecule is CC(O)(NC(=O)OCc1ccccc1)C(=O)O. The highest BCUT2D eigenvalue weighted by Gasteiger charge is 2.32. The third-order valence-electron chi connectivity index (χ3n) is 1.97. The first-order chi connectivity index (χ1) is 7.92. The fourth-order valence-corrected chi connectivity index (χ4v) is 1.01. The van der Waals surface area contributed by atoms with Crippen molar-refractivity contribution >= 4 is 12.1 Å². The van der Waals surface area contributed by atoms with Crippen LogP contribution >= 0.6 is 0 Å². The Morgan fingerprint density at radius 1 is 1.35 bits per heavy atom. The summed E-state index contributed by atoms with van der Waals surface area (Å²) in [6.45, 7) is 0.946. The van der Waals surface area contributed by atoms with Crippen LogP contribution < -0.4 is 5.32 Å². The number of carbonyl (C=O) groups excluding carboxylic acids is 1. The molecule has 0 spiro atoms. The topological polar surface area (TPSA) is 95.9 Å². The minimum atomic E-state index is -2.34. The highest BCUT2D eigenvalue weighted by atomic mass is 16.6. The van der Waals surface area contributed by atoms with E-state index in [0.29, 0.717) is 0 Å². The van der Waals surface area contributed by atoms with Crippen LogP contribution in [-0.4, -0.2) is 28.0 Å². The summed E-state index contributed by atoms with van der Waals surface area (Å²) in [7, 11) is 0. The largest absolute Gasteiger partial charge is 0.478 e. The van der Waals surface area contributed by atoms with E-state index in [0.717, 1.165) is 12.5 Å². The quantitative estimate of drug-likeness (QED) is 0.672. The minimum absolute atomic E-state index is 0.00235. The van der Waals surface area contributed by atoms with E-state index in [-0.39, 0.29) is 6.61 Å². The van der Waals surface area contributed by atoms with E-state index in [1.54, 1.807) is 24.3 Å². The molecule has 6 heteroatoms. The maximum Gasteiger partial charge on any atom is 0.410 e. The number of ether oxygens (including phenoxy) is 1. The zero-order chi connectivity index (χ0) is 12.9. The summed E-state index contributed by atoms with van der Waals surface area (Å²) < 4.78 is 4.74. The van der Waals surface area contributed by atoms with Crippen molar-refractivity contribution in [3.63, 3.8) is 0 Å². The predicted molar refractivity (Wildman–Crippen MR) is 58.0 cm³/mol. The van der Waals surface area contributed by atoms with Gasteiger partial charge in [-0.15, -0.1) is 0 Å². The summed E-state index contributed by atoms with van der Waals surface area (Å²) in [6, 6.07) is 8.89. The third kappa shape index (κ3) is 4.12. The van der Waals surface area contributed by atoms with Crippen molar-refractivity contribution in [1.82, 2.24) is 5.32 Å². The van der Waals surface area contributed by atoms with Crippen LogP contribution in [0.1, 0.15) is 12.5 Å². The summed E-state index contributed by atoms with van der Waals surface area (Å²) in [5, 5.41) is 19.6. The predicted octanol–water partition coefficient (Wildman–Crippen LogP) is 0.706. The van der Waals surface area contributed by atoms with Gasteiger partial charge in [0.2, 0.25) is 5.72 Å². The van der Waals surface area contributed by atoms with Crippen molar-refractivity contribution in [3.8, 4) is 0 Å². The molecule has 1 rings (SSSR count). The fourth-order valence-electron chi connectivity index (χ4n) is 1.01. The van der Waals surface area contributed by atoms with Crippen molar-refractivity contribution in [2.45, 2.75) is 19.3 Å². The number of carboxylic acids is 1. The van der Waals surface area contributed by atoms with Crippen LogP contribution in [0.25, 0.3) is 0 Å². The number of amides is 1. The van der Waals surface area contributed by atoms with Crippen molar-refractivity contribution in [2.75, 3.05) is 0 Å². The van der Waals surface area contributed by atoms with Crippen LogP contribution in [0.15, 0.2) is 30.3 Å². The Labute approximate surface area is 97.8 Å². The molecule has 0 saturated heterocycles. The summed E-state index contributed by atoms with van der Waals surface area (Å²) in [5.74, 6) is -1.56. The summed E-state index contributed by atoms with van der Waals surface area (Å²) >= 11 is 0. The van der Waals surface area contributed by atoms with Gasteiger partial charge >= 0.3 is 12.1 Å². The highest BCUT2D eigenvalue weighted by molar-refractivity contribution is 5.81. The zero-order valence-electron chi connectivity index (χ0n) is 9.21. The van der Waals surface area contributed by atoms with E-state index in [1.165, 1.54) is 0 Å². The van der Waals surface area contributed by atoms with Crippen molar-refractivity contribution < 1.29 is 24.5 Å².